The summed E-state index contributed by atoms with van der Waals surface area (Å²) in [5.74, 6) is 1.64. The van der Waals surface area contributed by atoms with E-state index >= 15 is 0 Å². The second-order valence-electron chi connectivity index (χ2n) is 11.4. The fourth-order valence-corrected chi connectivity index (χ4v) is 6.98. The van der Waals surface area contributed by atoms with Crippen LogP contribution >= 0.6 is 0 Å². The lowest BCUT2D eigenvalue weighted by Crippen LogP contribution is -2.31. The van der Waals surface area contributed by atoms with Gasteiger partial charge in [-0.3, -0.25) is 14.6 Å². The number of rotatable bonds is 7. The van der Waals surface area contributed by atoms with E-state index in [0.717, 1.165) is 41.4 Å². The molecule has 1 unspecified atom stereocenters. The van der Waals surface area contributed by atoms with E-state index in [2.05, 4.69) is 82.0 Å². The molecular weight excluding hydrogens is 472 g/mol. The van der Waals surface area contributed by atoms with Crippen LogP contribution in [0, 0.1) is 11.8 Å². The van der Waals surface area contributed by atoms with E-state index in [1.165, 1.54) is 48.8 Å². The number of aromatic amines is 1. The monoisotopic (exact) mass is 510 g/mol. The summed E-state index contributed by atoms with van der Waals surface area (Å²) < 4.78 is 2.30. The highest BCUT2D eigenvalue weighted by Crippen LogP contribution is 2.41. The smallest absolute Gasteiger partial charge is 0.252 e. The van der Waals surface area contributed by atoms with Gasteiger partial charge in [-0.2, -0.15) is 0 Å². The lowest BCUT2D eigenvalue weighted by molar-refractivity contribution is 0.208. The molecule has 3 heterocycles. The number of pyridine rings is 1. The maximum Gasteiger partial charge on any atom is 0.252 e. The van der Waals surface area contributed by atoms with E-state index in [9.17, 15) is 9.90 Å². The Bertz CT molecular complexity index is 1490. The summed E-state index contributed by atoms with van der Waals surface area (Å²) >= 11 is 0. The van der Waals surface area contributed by atoms with Gasteiger partial charge in [-0.05, 0) is 67.5 Å². The van der Waals surface area contributed by atoms with E-state index in [0.29, 0.717) is 18.2 Å². The Hall–Kier alpha value is -3.35. The summed E-state index contributed by atoms with van der Waals surface area (Å²) in [7, 11) is 4.44. The SMILES string of the molecule is CCc1c(O)cc(=O)[nH]c1-c1ccc2c(c1)cc(CN1C[C@H]3CC(N(C)Cc4ccccc4)C[C@H]3C1)n2C. The molecular formula is C32H38N4O2. The summed E-state index contributed by atoms with van der Waals surface area (Å²) in [4.78, 5) is 20.2. The van der Waals surface area contributed by atoms with Crippen LogP contribution in [0.4, 0.5) is 0 Å². The van der Waals surface area contributed by atoms with Crippen LogP contribution in [0.1, 0.15) is 36.6 Å². The zero-order valence-electron chi connectivity index (χ0n) is 22.7. The normalized spacial score (nSPS) is 21.5. The Morgan fingerprint density at radius 1 is 1.03 bits per heavy atom. The first kappa shape index (κ1) is 25.0. The van der Waals surface area contributed by atoms with Crippen molar-refractivity contribution < 1.29 is 5.11 Å². The summed E-state index contributed by atoms with van der Waals surface area (Å²) in [5, 5.41) is 11.5. The Kier molecular flexibility index (Phi) is 6.62. The number of H-pyrrole nitrogens is 1. The Labute approximate surface area is 224 Å². The van der Waals surface area contributed by atoms with Crippen LogP contribution in [0.2, 0.25) is 0 Å². The van der Waals surface area contributed by atoms with Crippen molar-refractivity contribution in [3.8, 4) is 17.0 Å². The third-order valence-electron chi connectivity index (χ3n) is 9.00. The summed E-state index contributed by atoms with van der Waals surface area (Å²) in [5.41, 5.74) is 6.04. The minimum atomic E-state index is -0.281. The molecule has 2 fully saturated rings. The maximum absolute atomic E-state index is 12.1. The number of aryl methyl sites for hydroxylation is 1. The highest BCUT2D eigenvalue weighted by atomic mass is 16.3. The first-order chi connectivity index (χ1) is 18.4. The van der Waals surface area contributed by atoms with Crippen molar-refractivity contribution in [3.05, 3.63) is 87.8 Å². The molecule has 4 aromatic rings. The molecule has 0 bridgehead atoms. The van der Waals surface area contributed by atoms with Crippen LogP contribution in [0.25, 0.3) is 22.2 Å². The number of nitrogens with zero attached hydrogens (tertiary/aromatic N) is 3. The highest BCUT2D eigenvalue weighted by Gasteiger charge is 2.42. The van der Waals surface area contributed by atoms with Crippen molar-refractivity contribution in [2.75, 3.05) is 20.1 Å². The highest BCUT2D eigenvalue weighted by molar-refractivity contribution is 5.86. The van der Waals surface area contributed by atoms with Crippen molar-refractivity contribution >= 4 is 10.9 Å². The average molecular weight is 511 g/mol. The van der Waals surface area contributed by atoms with Crippen molar-refractivity contribution in [1.82, 2.24) is 19.4 Å². The third kappa shape index (κ3) is 4.67. The second kappa shape index (κ2) is 10.1. The van der Waals surface area contributed by atoms with Gasteiger partial charge in [0, 0.05) is 67.5 Å². The van der Waals surface area contributed by atoms with E-state index in [1.807, 2.05) is 13.0 Å². The van der Waals surface area contributed by atoms with Gasteiger partial charge in [0.15, 0.2) is 0 Å². The quantitative estimate of drug-likeness (QED) is 0.361. The minimum absolute atomic E-state index is 0.0631. The van der Waals surface area contributed by atoms with Gasteiger partial charge in [0.1, 0.15) is 5.75 Å². The van der Waals surface area contributed by atoms with Gasteiger partial charge in [0.05, 0.1) is 5.69 Å². The molecule has 0 spiro atoms. The fraction of sp³-hybridized carbons (Fsp3) is 0.406. The minimum Gasteiger partial charge on any atom is -0.507 e. The average Bonchev–Trinajstić information content (AvgIpc) is 3.56. The Morgan fingerprint density at radius 3 is 2.47 bits per heavy atom. The predicted octanol–water partition coefficient (Wildman–Crippen LogP) is 5.14. The topological polar surface area (TPSA) is 64.5 Å². The van der Waals surface area contributed by atoms with Gasteiger partial charge in [-0.25, -0.2) is 0 Å². The van der Waals surface area contributed by atoms with Gasteiger partial charge in [0.25, 0.3) is 5.56 Å². The van der Waals surface area contributed by atoms with Gasteiger partial charge in [-0.15, -0.1) is 0 Å². The van der Waals surface area contributed by atoms with Crippen molar-refractivity contribution in [2.45, 2.75) is 45.3 Å². The molecule has 6 heteroatoms. The largest absolute Gasteiger partial charge is 0.507 e. The lowest BCUT2D eigenvalue weighted by Gasteiger charge is -2.26. The number of hydrogen-bond acceptors (Lipinski definition) is 4. The Morgan fingerprint density at radius 2 is 1.76 bits per heavy atom. The van der Waals surface area contributed by atoms with Gasteiger partial charge >= 0.3 is 0 Å². The number of fused-ring (bicyclic) bond motifs is 2. The third-order valence-corrected chi connectivity index (χ3v) is 9.00. The van der Waals surface area contributed by atoms with Crippen LogP contribution in [0.5, 0.6) is 5.75 Å². The number of hydrogen-bond donors (Lipinski definition) is 2. The van der Waals surface area contributed by atoms with Gasteiger partial charge < -0.3 is 14.7 Å². The molecule has 1 saturated carbocycles. The maximum atomic E-state index is 12.1. The van der Waals surface area contributed by atoms with E-state index in [1.54, 1.807) is 0 Å². The molecule has 2 aliphatic rings. The molecule has 3 atom stereocenters. The number of benzene rings is 2. The fourth-order valence-electron chi connectivity index (χ4n) is 6.98. The van der Waals surface area contributed by atoms with Crippen LogP contribution in [0.3, 0.4) is 0 Å². The van der Waals surface area contributed by atoms with Crippen molar-refractivity contribution in [1.29, 1.82) is 0 Å². The zero-order valence-corrected chi connectivity index (χ0v) is 22.7. The van der Waals surface area contributed by atoms with Crippen molar-refractivity contribution in [3.63, 3.8) is 0 Å². The molecule has 6 rings (SSSR count). The number of likely N-dealkylation sites (tertiary alicyclic amines) is 1. The molecule has 2 aromatic heterocycles. The molecule has 198 valence electrons. The standard InChI is InChI=1S/C32H38N4O2/c1-4-28-30(37)16-31(38)33-32(28)22-10-11-29-23(12-22)13-27(35(29)3)20-36-18-24-14-26(15-25(24)19-36)34(2)17-21-8-6-5-7-9-21/h5-13,16,24-26H,4,14-15,17-20H2,1-3H3,(H2,33,37,38)/t24-,25+,26?. The van der Waals surface area contributed by atoms with Crippen LogP contribution in [-0.4, -0.2) is 50.6 Å². The van der Waals surface area contributed by atoms with Crippen LogP contribution < -0.4 is 5.56 Å². The number of nitrogens with one attached hydrogen (secondary N) is 1. The molecule has 0 radical (unpaired) electrons. The lowest BCUT2D eigenvalue weighted by atomic mass is 10.0. The number of aromatic hydroxyl groups is 1. The molecule has 1 aliphatic heterocycles. The summed E-state index contributed by atoms with van der Waals surface area (Å²) in [6, 6.07) is 21.3. The molecule has 0 amide bonds. The van der Waals surface area contributed by atoms with E-state index in [-0.39, 0.29) is 11.3 Å². The van der Waals surface area contributed by atoms with E-state index in [4.69, 9.17) is 0 Å². The first-order valence-corrected chi connectivity index (χ1v) is 13.9. The van der Waals surface area contributed by atoms with Crippen molar-refractivity contribution in [2.24, 2.45) is 18.9 Å². The van der Waals surface area contributed by atoms with E-state index < -0.39 is 0 Å². The Balaban J connectivity index is 1.14. The molecule has 38 heavy (non-hydrogen) atoms. The molecule has 6 nitrogen and oxygen atoms in total. The predicted molar refractivity (Wildman–Crippen MR) is 153 cm³/mol. The molecule has 1 aliphatic carbocycles. The first-order valence-electron chi connectivity index (χ1n) is 13.9. The second-order valence-corrected chi connectivity index (χ2v) is 11.4. The molecule has 2 N–H and O–H groups in total. The van der Waals surface area contributed by atoms with Crippen LogP contribution in [0.15, 0.2) is 65.5 Å². The molecule has 2 aromatic carbocycles. The summed E-state index contributed by atoms with van der Waals surface area (Å²) in [6.45, 7) is 6.34. The summed E-state index contributed by atoms with van der Waals surface area (Å²) in [6.07, 6.45) is 3.24. The molecule has 1 saturated heterocycles. The zero-order chi connectivity index (χ0) is 26.4. The van der Waals surface area contributed by atoms with Crippen LogP contribution in [-0.2, 0) is 26.6 Å². The van der Waals surface area contributed by atoms with Gasteiger partial charge in [0.2, 0.25) is 0 Å². The van der Waals surface area contributed by atoms with Gasteiger partial charge in [-0.1, -0.05) is 43.3 Å². The number of aromatic nitrogens is 2.